The number of amides is 6. The molecule has 4 aromatic carbocycles. The third-order valence-electron chi connectivity index (χ3n) is 14.4. The molecule has 0 saturated carbocycles. The highest BCUT2D eigenvalue weighted by molar-refractivity contribution is 5.98. The van der Waals surface area contributed by atoms with E-state index in [1.165, 1.54) is 0 Å². The number of carboxylic acid groups (broad SMARTS) is 1. The average Bonchev–Trinajstić information content (AvgIpc) is 4.25. The summed E-state index contributed by atoms with van der Waals surface area (Å²) in [5.41, 5.74) is 18.8. The summed E-state index contributed by atoms with van der Waals surface area (Å²) in [6.45, 7) is 7.41. The molecule has 0 aliphatic carbocycles. The van der Waals surface area contributed by atoms with Gasteiger partial charge >= 0.3 is 5.97 Å². The highest BCUT2D eigenvalue weighted by Crippen LogP contribution is 2.24. The number of aromatic nitrogens is 4. The van der Waals surface area contributed by atoms with E-state index >= 15 is 0 Å². The van der Waals surface area contributed by atoms with Crippen molar-refractivity contribution >= 4 is 85.0 Å². The molecular formula is C60H72N12O8. The van der Waals surface area contributed by atoms with Gasteiger partial charge in [-0.25, -0.2) is 4.79 Å². The van der Waals surface area contributed by atoms with Crippen molar-refractivity contribution in [3.63, 3.8) is 0 Å². The second kappa shape index (κ2) is 26.3. The topological polar surface area (TPSA) is 327 Å². The Labute approximate surface area is 462 Å². The van der Waals surface area contributed by atoms with Crippen LogP contribution in [0.1, 0.15) is 69.2 Å². The lowest BCUT2D eigenvalue weighted by Crippen LogP contribution is -2.60. The van der Waals surface area contributed by atoms with Crippen LogP contribution in [0.2, 0.25) is 0 Å². The zero-order valence-corrected chi connectivity index (χ0v) is 45.4. The number of H-pyrrole nitrogens is 4. The first-order valence-corrected chi connectivity index (χ1v) is 27.2. The zero-order valence-electron chi connectivity index (χ0n) is 45.4. The fourth-order valence-corrected chi connectivity index (χ4v) is 10.3. The van der Waals surface area contributed by atoms with E-state index in [0.29, 0.717) is 11.1 Å². The number of fused-ring (bicyclic) bond motifs is 4. The molecule has 8 aromatic rings. The molecule has 420 valence electrons. The Bertz CT molecular complexity index is 3480. The predicted octanol–water partition coefficient (Wildman–Crippen LogP) is 4.64. The normalized spacial score (nSPS) is 14.3. The minimum absolute atomic E-state index is 0.0394. The van der Waals surface area contributed by atoms with E-state index in [2.05, 4.69) is 51.8 Å². The van der Waals surface area contributed by atoms with E-state index in [1.54, 1.807) is 24.8 Å². The first-order chi connectivity index (χ1) is 38.5. The lowest BCUT2D eigenvalue weighted by atomic mass is 9.99. The Morgan fingerprint density at radius 2 is 0.700 bits per heavy atom. The Balaban J connectivity index is 0.984. The van der Waals surface area contributed by atoms with Crippen LogP contribution in [-0.4, -0.2) is 115 Å². The lowest BCUT2D eigenvalue weighted by Gasteiger charge is -2.28. The summed E-state index contributed by atoms with van der Waals surface area (Å²) in [5, 5.41) is 30.6. The van der Waals surface area contributed by atoms with Gasteiger partial charge in [-0.15, -0.1) is 0 Å². The molecule has 0 bridgehead atoms. The maximum Gasteiger partial charge on any atom is 0.326 e. The summed E-state index contributed by atoms with van der Waals surface area (Å²) in [5.74, 6) is -5.71. The van der Waals surface area contributed by atoms with E-state index < -0.39 is 83.7 Å². The molecule has 15 N–H and O–H groups in total. The van der Waals surface area contributed by atoms with Crippen LogP contribution in [0.3, 0.4) is 0 Å². The molecule has 20 nitrogen and oxygen atoms in total. The molecule has 0 fully saturated rings. The van der Waals surface area contributed by atoms with Gasteiger partial charge in [0.05, 0.1) is 6.04 Å². The number of hydrogen-bond acceptors (Lipinski definition) is 9. The quantitative estimate of drug-likeness (QED) is 0.0338. The van der Waals surface area contributed by atoms with Gasteiger partial charge in [-0.3, -0.25) is 28.8 Å². The summed E-state index contributed by atoms with van der Waals surface area (Å²) >= 11 is 0. The fourth-order valence-electron chi connectivity index (χ4n) is 10.3. The van der Waals surface area contributed by atoms with Gasteiger partial charge in [0, 0.05) is 87.7 Å². The highest BCUT2D eigenvalue weighted by atomic mass is 16.4. The van der Waals surface area contributed by atoms with Crippen molar-refractivity contribution in [3.05, 3.63) is 144 Å². The number of nitrogens with two attached hydrogens (primary N) is 2. The van der Waals surface area contributed by atoms with Crippen molar-refractivity contribution in [1.82, 2.24) is 51.8 Å². The molecular weight excluding hydrogens is 1020 g/mol. The minimum Gasteiger partial charge on any atom is -0.480 e. The molecule has 7 atom stereocenters. The number of hydrogen-bond donors (Lipinski definition) is 13. The third kappa shape index (κ3) is 14.3. The molecule has 0 saturated heterocycles. The molecule has 80 heavy (non-hydrogen) atoms. The number of aliphatic carboxylic acids is 1. The van der Waals surface area contributed by atoms with Crippen LogP contribution in [0, 0.1) is 11.8 Å². The molecule has 0 radical (unpaired) electrons. The molecule has 6 amide bonds. The largest absolute Gasteiger partial charge is 0.480 e. The van der Waals surface area contributed by atoms with Crippen molar-refractivity contribution in [2.45, 2.75) is 115 Å². The smallest absolute Gasteiger partial charge is 0.326 e. The van der Waals surface area contributed by atoms with E-state index in [1.807, 2.05) is 125 Å². The molecule has 20 heteroatoms. The Hall–Kier alpha value is -8.75. The van der Waals surface area contributed by atoms with Gasteiger partial charge in [-0.1, -0.05) is 100 Å². The van der Waals surface area contributed by atoms with Crippen molar-refractivity contribution in [1.29, 1.82) is 0 Å². The van der Waals surface area contributed by atoms with Gasteiger partial charge in [0.1, 0.15) is 36.3 Å². The van der Waals surface area contributed by atoms with Crippen molar-refractivity contribution < 1.29 is 38.7 Å². The standard InChI is InChI=1S/C60H72N12O8/c1-33(2)23-49(70-58(77)51(26-36-30-64-45-18-10-6-14-40(36)45)68-54(73)43(62)25-35-29-63-44-17-9-5-13-39(35)44)56(75)67-48(21-22-61)55(74)69-50(24-34(3)4)57(76)71-52(27-37-31-65-46-19-11-7-15-41(37)46)59(78)72-53(60(79)80)28-38-32-66-47-20-12-8-16-42(38)47/h5-20,29-34,43,48-53,63-66H,21-28,61-62H2,1-4H3,(H,67,75)(H,68,73)(H,69,74)(H,70,77)(H,71,76)(H,72,78)(H,79,80)/t43-,48-,49-,50-,51-,52-,53-/m1/s1. The fraction of sp³-hybridized carbons (Fsp3) is 0.350. The summed E-state index contributed by atoms with van der Waals surface area (Å²) in [7, 11) is 0. The number of rotatable bonds is 27. The van der Waals surface area contributed by atoms with Crippen molar-refractivity contribution in [2.24, 2.45) is 23.3 Å². The molecule has 0 aliphatic rings. The molecule has 0 spiro atoms. The van der Waals surface area contributed by atoms with Crippen LogP contribution in [0.15, 0.2) is 122 Å². The Kier molecular flexibility index (Phi) is 18.9. The first-order valence-electron chi connectivity index (χ1n) is 27.2. The van der Waals surface area contributed by atoms with Gasteiger partial charge in [-0.05, 0) is 90.6 Å². The maximum absolute atomic E-state index is 14.6. The van der Waals surface area contributed by atoms with Crippen LogP contribution < -0.4 is 43.4 Å². The summed E-state index contributed by atoms with van der Waals surface area (Å²) in [4.78, 5) is 112. The molecule has 0 unspecified atom stereocenters. The summed E-state index contributed by atoms with van der Waals surface area (Å²) in [6, 6.07) is 21.4. The molecule has 8 rings (SSSR count). The summed E-state index contributed by atoms with van der Waals surface area (Å²) < 4.78 is 0. The molecule has 0 aliphatic heterocycles. The van der Waals surface area contributed by atoms with Gasteiger partial charge in [0.25, 0.3) is 0 Å². The first kappa shape index (κ1) is 57.4. The van der Waals surface area contributed by atoms with E-state index in [-0.39, 0.29) is 63.3 Å². The number of para-hydroxylation sites is 4. The minimum atomic E-state index is -1.37. The monoisotopic (exact) mass is 1090 g/mol. The number of carbonyl (C=O) groups is 7. The second-order valence-corrected chi connectivity index (χ2v) is 21.4. The SMILES string of the molecule is CC(C)C[C@@H](NC(=O)[C@@H](Cc1c[nH]c2ccccc12)NC(=O)[C@H](N)Cc1c[nH]c2ccccc12)C(=O)N[C@H](CCN)C(=O)N[C@H](CC(C)C)C(=O)N[C@H](Cc1c[nH]c2ccccc12)C(=O)N[C@H](Cc1c[nH]c2ccccc12)C(=O)O. The number of carboxylic acids is 1. The van der Waals surface area contributed by atoms with E-state index in [4.69, 9.17) is 11.5 Å². The van der Waals surface area contributed by atoms with E-state index in [9.17, 15) is 38.7 Å². The Morgan fingerprint density at radius 3 is 1.06 bits per heavy atom. The molecule has 4 heterocycles. The predicted molar refractivity (Wildman–Crippen MR) is 308 cm³/mol. The van der Waals surface area contributed by atoms with Crippen LogP contribution in [0.4, 0.5) is 0 Å². The zero-order chi connectivity index (χ0) is 57.0. The average molecular weight is 1090 g/mol. The van der Waals surface area contributed by atoms with Crippen molar-refractivity contribution in [3.8, 4) is 0 Å². The summed E-state index contributed by atoms with van der Waals surface area (Å²) in [6.07, 6.45) is 7.34. The van der Waals surface area contributed by atoms with Gasteiger partial charge in [-0.2, -0.15) is 0 Å². The number of aromatic amines is 4. The number of nitrogens with one attached hydrogen (secondary N) is 10. The maximum atomic E-state index is 14.6. The number of carbonyl (C=O) groups excluding carboxylic acids is 6. The van der Waals surface area contributed by atoms with Crippen LogP contribution in [0.25, 0.3) is 43.6 Å². The second-order valence-electron chi connectivity index (χ2n) is 21.4. The van der Waals surface area contributed by atoms with Gasteiger partial charge in [0.15, 0.2) is 0 Å². The lowest BCUT2D eigenvalue weighted by molar-refractivity contribution is -0.142. The number of benzene rings is 4. The van der Waals surface area contributed by atoms with Crippen molar-refractivity contribution in [2.75, 3.05) is 6.54 Å². The third-order valence-corrected chi connectivity index (χ3v) is 14.4. The van der Waals surface area contributed by atoms with Crippen LogP contribution in [-0.2, 0) is 59.2 Å². The Morgan fingerprint density at radius 1 is 0.412 bits per heavy atom. The van der Waals surface area contributed by atoms with Crippen LogP contribution in [0.5, 0.6) is 0 Å². The van der Waals surface area contributed by atoms with Gasteiger partial charge in [0.2, 0.25) is 35.4 Å². The van der Waals surface area contributed by atoms with E-state index in [0.717, 1.165) is 54.7 Å². The van der Waals surface area contributed by atoms with Gasteiger partial charge < -0.3 is 68.4 Å². The molecule has 4 aromatic heterocycles. The highest BCUT2D eigenvalue weighted by Gasteiger charge is 2.35. The van der Waals surface area contributed by atoms with Crippen LogP contribution >= 0.6 is 0 Å².